The van der Waals surface area contributed by atoms with Gasteiger partial charge < -0.3 is 4.74 Å². The summed E-state index contributed by atoms with van der Waals surface area (Å²) in [6, 6.07) is 23.5. The number of hydrogen-bond donors (Lipinski definition) is 2. The Hall–Kier alpha value is -4.99. The van der Waals surface area contributed by atoms with Crippen molar-refractivity contribution in [3.8, 4) is 5.75 Å². The molecule has 186 valence electrons. The number of nitrogens with zero attached hydrogens (tertiary/aromatic N) is 4. The predicted molar refractivity (Wildman–Crippen MR) is 140 cm³/mol. The third kappa shape index (κ3) is 5.18. The molecule has 2 aromatic heterocycles. The first-order valence-corrected chi connectivity index (χ1v) is 11.5. The van der Waals surface area contributed by atoms with E-state index in [4.69, 9.17) is 4.74 Å². The first-order valence-electron chi connectivity index (χ1n) is 11.5. The number of fused-ring (bicyclic) bond motifs is 1. The third-order valence-electron chi connectivity index (χ3n) is 5.80. The zero-order valence-electron chi connectivity index (χ0n) is 19.9. The first-order chi connectivity index (χ1) is 18.0. The summed E-state index contributed by atoms with van der Waals surface area (Å²) in [6.45, 7) is 0.478. The normalized spacial score (nSPS) is 11.3. The number of rotatable bonds is 8. The lowest BCUT2D eigenvalue weighted by molar-refractivity contribution is 0.306. The van der Waals surface area contributed by atoms with Crippen LogP contribution in [0.1, 0.15) is 16.7 Å². The predicted octanol–water partition coefficient (Wildman–Crippen LogP) is 3.64. The number of ether oxygens (including phenoxy) is 1. The van der Waals surface area contributed by atoms with E-state index in [0.29, 0.717) is 12.2 Å². The summed E-state index contributed by atoms with van der Waals surface area (Å²) in [5.74, 6) is 0.486. The van der Waals surface area contributed by atoms with Crippen LogP contribution in [0.3, 0.4) is 0 Å². The number of anilines is 1. The van der Waals surface area contributed by atoms with E-state index >= 15 is 0 Å². The van der Waals surface area contributed by atoms with Gasteiger partial charge in [0.25, 0.3) is 5.56 Å². The summed E-state index contributed by atoms with van der Waals surface area (Å²) in [5, 5.41) is 4.24. The molecule has 2 heterocycles. The molecule has 37 heavy (non-hydrogen) atoms. The van der Waals surface area contributed by atoms with Crippen molar-refractivity contribution in [2.24, 2.45) is 12.1 Å². The van der Waals surface area contributed by atoms with Gasteiger partial charge in [-0.2, -0.15) is 10.1 Å². The number of hydrogen-bond acceptors (Lipinski definition) is 6. The van der Waals surface area contributed by atoms with Gasteiger partial charge in [0.05, 0.1) is 12.8 Å². The van der Waals surface area contributed by atoms with Gasteiger partial charge in [0.2, 0.25) is 5.95 Å². The molecule has 0 aliphatic carbocycles. The summed E-state index contributed by atoms with van der Waals surface area (Å²) in [5.41, 5.74) is 4.11. The maximum atomic E-state index is 14.4. The van der Waals surface area contributed by atoms with Crippen LogP contribution in [0.5, 0.6) is 5.75 Å². The molecule has 0 spiro atoms. The SMILES string of the molecule is Cn1c(=O)[nH]c(=O)c2c1nc(N/N=C/c1ccc(OCc3ccccc3)cc1)n2Cc1ccccc1F. The second-order valence-corrected chi connectivity index (χ2v) is 8.32. The molecule has 0 bridgehead atoms. The Bertz CT molecular complexity index is 1690. The van der Waals surface area contributed by atoms with Crippen LogP contribution in [0.25, 0.3) is 11.2 Å². The molecule has 0 unspecified atom stereocenters. The highest BCUT2D eigenvalue weighted by molar-refractivity contribution is 5.80. The number of imidazole rings is 1. The Balaban J connectivity index is 1.38. The summed E-state index contributed by atoms with van der Waals surface area (Å²) in [6.07, 6.45) is 1.58. The van der Waals surface area contributed by atoms with Crippen LogP contribution in [-0.2, 0) is 20.2 Å². The maximum Gasteiger partial charge on any atom is 0.329 e. The van der Waals surface area contributed by atoms with Gasteiger partial charge in [-0.3, -0.25) is 18.9 Å². The summed E-state index contributed by atoms with van der Waals surface area (Å²) < 4.78 is 22.9. The highest BCUT2D eigenvalue weighted by Gasteiger charge is 2.18. The molecule has 5 aromatic rings. The summed E-state index contributed by atoms with van der Waals surface area (Å²) >= 11 is 0. The summed E-state index contributed by atoms with van der Waals surface area (Å²) in [7, 11) is 1.50. The molecule has 0 aliphatic heterocycles. The van der Waals surface area contributed by atoms with Crippen LogP contribution >= 0.6 is 0 Å². The van der Waals surface area contributed by atoms with Crippen LogP contribution in [0.4, 0.5) is 10.3 Å². The average Bonchev–Trinajstić information content (AvgIpc) is 3.27. The lowest BCUT2D eigenvalue weighted by Gasteiger charge is -2.09. The zero-order chi connectivity index (χ0) is 25.8. The van der Waals surface area contributed by atoms with E-state index in [1.807, 2.05) is 54.6 Å². The van der Waals surface area contributed by atoms with E-state index < -0.39 is 17.1 Å². The number of aromatic nitrogens is 4. The molecule has 0 saturated carbocycles. The molecule has 10 heteroatoms. The van der Waals surface area contributed by atoms with Crippen molar-refractivity contribution in [2.45, 2.75) is 13.2 Å². The molecule has 0 saturated heterocycles. The maximum absolute atomic E-state index is 14.4. The topological polar surface area (TPSA) is 106 Å². The van der Waals surface area contributed by atoms with E-state index in [1.165, 1.54) is 22.2 Å². The second kappa shape index (κ2) is 10.3. The van der Waals surface area contributed by atoms with Crippen LogP contribution in [0.15, 0.2) is 93.6 Å². The molecule has 0 radical (unpaired) electrons. The fourth-order valence-electron chi connectivity index (χ4n) is 3.83. The molecule has 2 N–H and O–H groups in total. The highest BCUT2D eigenvalue weighted by atomic mass is 19.1. The number of nitrogens with one attached hydrogen (secondary N) is 2. The molecule has 3 aromatic carbocycles. The van der Waals surface area contributed by atoms with Gasteiger partial charge in [0.15, 0.2) is 11.2 Å². The minimum absolute atomic E-state index is 0.00968. The number of H-pyrrole nitrogens is 1. The minimum Gasteiger partial charge on any atom is -0.489 e. The fraction of sp³-hybridized carbons (Fsp3) is 0.111. The Morgan fingerprint density at radius 2 is 1.76 bits per heavy atom. The van der Waals surface area contributed by atoms with Crippen molar-refractivity contribution < 1.29 is 9.13 Å². The summed E-state index contributed by atoms with van der Waals surface area (Å²) in [4.78, 5) is 31.4. The number of aryl methyl sites for hydroxylation is 1. The standard InChI is InChI=1S/C27H23FN6O3/c1-33-24-23(25(35)31-27(33)36)34(16-20-9-5-6-10-22(20)28)26(30-24)32-29-15-18-11-13-21(14-12-18)37-17-19-7-3-2-4-8-19/h2-15H,16-17H2,1H3,(H,30,32)(H,31,35,36)/b29-15+. The number of halogens is 1. The van der Waals surface area contributed by atoms with Gasteiger partial charge in [0.1, 0.15) is 18.2 Å². The molecule has 0 fully saturated rings. The number of hydrazone groups is 1. The molecule has 9 nitrogen and oxygen atoms in total. The van der Waals surface area contributed by atoms with Crippen molar-refractivity contribution in [1.82, 2.24) is 19.1 Å². The van der Waals surface area contributed by atoms with E-state index in [9.17, 15) is 14.0 Å². The number of aromatic amines is 1. The van der Waals surface area contributed by atoms with Crippen LogP contribution in [-0.4, -0.2) is 25.3 Å². The Kier molecular flexibility index (Phi) is 6.62. The van der Waals surface area contributed by atoms with E-state index in [-0.39, 0.29) is 23.7 Å². The van der Waals surface area contributed by atoms with E-state index in [1.54, 1.807) is 24.4 Å². The lowest BCUT2D eigenvalue weighted by Crippen LogP contribution is -2.29. The molecular formula is C27H23FN6O3. The molecule has 0 amide bonds. The van der Waals surface area contributed by atoms with E-state index in [0.717, 1.165) is 16.9 Å². The van der Waals surface area contributed by atoms with Crippen LogP contribution < -0.4 is 21.4 Å². The molecule has 0 atom stereocenters. The second-order valence-electron chi connectivity index (χ2n) is 8.32. The first kappa shape index (κ1) is 23.7. The van der Waals surface area contributed by atoms with Crippen molar-refractivity contribution in [2.75, 3.05) is 5.43 Å². The third-order valence-corrected chi connectivity index (χ3v) is 5.80. The van der Waals surface area contributed by atoms with Gasteiger partial charge in [-0.15, -0.1) is 0 Å². The number of benzene rings is 3. The zero-order valence-corrected chi connectivity index (χ0v) is 19.9. The van der Waals surface area contributed by atoms with Crippen LogP contribution in [0.2, 0.25) is 0 Å². The largest absolute Gasteiger partial charge is 0.489 e. The Labute approximate surface area is 210 Å². The van der Waals surface area contributed by atoms with Gasteiger partial charge in [-0.05, 0) is 41.5 Å². The van der Waals surface area contributed by atoms with Gasteiger partial charge >= 0.3 is 5.69 Å². The van der Waals surface area contributed by atoms with Crippen molar-refractivity contribution in [1.29, 1.82) is 0 Å². The average molecular weight is 499 g/mol. The Morgan fingerprint density at radius 1 is 1.03 bits per heavy atom. The molecular weight excluding hydrogens is 475 g/mol. The minimum atomic E-state index is -0.620. The highest BCUT2D eigenvalue weighted by Crippen LogP contribution is 2.19. The monoisotopic (exact) mass is 498 g/mol. The van der Waals surface area contributed by atoms with Gasteiger partial charge in [-0.25, -0.2) is 14.6 Å². The van der Waals surface area contributed by atoms with Gasteiger partial charge in [-0.1, -0.05) is 48.5 Å². The smallest absolute Gasteiger partial charge is 0.329 e. The van der Waals surface area contributed by atoms with Crippen molar-refractivity contribution in [3.05, 3.63) is 122 Å². The lowest BCUT2D eigenvalue weighted by atomic mass is 10.2. The van der Waals surface area contributed by atoms with Crippen molar-refractivity contribution >= 4 is 23.3 Å². The van der Waals surface area contributed by atoms with E-state index in [2.05, 4.69) is 20.5 Å². The molecule has 0 aliphatic rings. The quantitative estimate of drug-likeness (QED) is 0.251. The fourth-order valence-corrected chi connectivity index (χ4v) is 3.83. The Morgan fingerprint density at radius 3 is 2.51 bits per heavy atom. The van der Waals surface area contributed by atoms with Gasteiger partial charge in [0, 0.05) is 12.6 Å². The molecule has 5 rings (SSSR count). The van der Waals surface area contributed by atoms with Crippen LogP contribution in [0, 0.1) is 5.82 Å². The van der Waals surface area contributed by atoms with Crippen molar-refractivity contribution in [3.63, 3.8) is 0 Å².